The molecule has 0 atom stereocenters. The maximum absolute atomic E-state index is 12.9. The Morgan fingerprint density at radius 2 is 1.76 bits per heavy atom. The van der Waals surface area contributed by atoms with Gasteiger partial charge in [-0.1, -0.05) is 53.9 Å². The molecule has 0 radical (unpaired) electrons. The number of amides is 3. The molecule has 4 aromatic rings. The zero-order valence-corrected chi connectivity index (χ0v) is 22.1. The average Bonchev–Trinajstić information content (AvgIpc) is 3.52. The van der Waals surface area contributed by atoms with E-state index in [1.165, 1.54) is 17.4 Å². The van der Waals surface area contributed by atoms with Crippen molar-refractivity contribution in [2.75, 3.05) is 4.90 Å². The molecule has 0 bridgehead atoms. The molecule has 3 heterocycles. The molecule has 1 fully saturated rings. The van der Waals surface area contributed by atoms with Gasteiger partial charge in [-0.25, -0.2) is 9.88 Å². The molecule has 1 N–H and O–H groups in total. The number of nitrogens with zero attached hydrogens (tertiary/aromatic N) is 3. The molecular formula is C25H12N4O5S4. The smallest absolute Gasteiger partial charge is 0.283 e. The number of thioether (sulfide) groups is 1. The fraction of sp³-hybridized carbons (Fsp3) is 0. The summed E-state index contributed by atoms with van der Waals surface area (Å²) in [4.78, 5) is 55.4. The minimum Gasteiger partial charge on any atom is -0.307 e. The molecule has 38 heavy (non-hydrogen) atoms. The van der Waals surface area contributed by atoms with Crippen molar-refractivity contribution in [1.29, 1.82) is 0 Å². The molecule has 0 spiro atoms. The van der Waals surface area contributed by atoms with Crippen molar-refractivity contribution in [3.8, 4) is 0 Å². The van der Waals surface area contributed by atoms with Gasteiger partial charge in [-0.15, -0.1) is 11.3 Å². The number of imide groups is 1. The molecule has 0 unspecified atom stereocenters. The first kappa shape index (κ1) is 24.4. The quantitative estimate of drug-likeness (QED) is 0.106. The van der Waals surface area contributed by atoms with Crippen LogP contribution in [-0.2, 0) is 4.79 Å². The standard InChI is InChI=1S/C25H12N4O5S4/c30-21-20(36-24(35)27-21)10-12-5-8-18(17(9-12)29(33)34)37-25-26-16-7-6-13(11-19(16)38-25)28-22(31)14-3-1-2-4-15(14)23(28)32/h1-11H,(H,27,30,35)/b20-10-. The predicted molar refractivity (Wildman–Crippen MR) is 151 cm³/mol. The number of thiocarbonyl (C=S) groups is 1. The van der Waals surface area contributed by atoms with E-state index in [0.717, 1.165) is 33.1 Å². The van der Waals surface area contributed by atoms with E-state index in [0.29, 0.717) is 46.4 Å². The van der Waals surface area contributed by atoms with Crippen LogP contribution in [0.15, 0.2) is 74.8 Å². The number of hydrogen-bond acceptors (Lipinski definition) is 10. The number of carbonyl (C=O) groups excluding carboxylic acids is 3. The van der Waals surface area contributed by atoms with Gasteiger partial charge in [0.25, 0.3) is 23.4 Å². The Morgan fingerprint density at radius 1 is 1.03 bits per heavy atom. The molecular weight excluding hydrogens is 565 g/mol. The molecule has 2 aliphatic rings. The first-order valence-electron chi connectivity index (χ1n) is 10.9. The van der Waals surface area contributed by atoms with Crippen molar-refractivity contribution < 1.29 is 19.3 Å². The third-order valence-electron chi connectivity index (χ3n) is 5.72. The van der Waals surface area contributed by atoms with E-state index in [1.54, 1.807) is 60.7 Å². The average molecular weight is 577 g/mol. The van der Waals surface area contributed by atoms with E-state index in [2.05, 4.69) is 10.3 Å². The summed E-state index contributed by atoms with van der Waals surface area (Å²) in [5, 5.41) is 14.3. The largest absolute Gasteiger partial charge is 0.307 e. The summed E-state index contributed by atoms with van der Waals surface area (Å²) in [7, 11) is 0. The van der Waals surface area contributed by atoms with Crippen LogP contribution in [0.4, 0.5) is 11.4 Å². The number of nitro benzene ring substituents is 1. The van der Waals surface area contributed by atoms with E-state index in [1.807, 2.05) is 0 Å². The summed E-state index contributed by atoms with van der Waals surface area (Å²) >= 11 is 8.53. The van der Waals surface area contributed by atoms with Crippen LogP contribution in [0.25, 0.3) is 16.3 Å². The van der Waals surface area contributed by atoms with Crippen LogP contribution in [0, 0.1) is 10.1 Å². The van der Waals surface area contributed by atoms with Crippen LogP contribution in [0.1, 0.15) is 26.3 Å². The number of nitro groups is 1. The van der Waals surface area contributed by atoms with Gasteiger partial charge in [0.2, 0.25) is 0 Å². The highest BCUT2D eigenvalue weighted by molar-refractivity contribution is 8.26. The Hall–Kier alpha value is -3.91. The van der Waals surface area contributed by atoms with Crippen molar-refractivity contribution >= 4 is 96.8 Å². The minimum atomic E-state index is -0.482. The van der Waals surface area contributed by atoms with Gasteiger partial charge in [0.05, 0.1) is 41.8 Å². The maximum Gasteiger partial charge on any atom is 0.283 e. The van der Waals surface area contributed by atoms with Crippen molar-refractivity contribution in [2.45, 2.75) is 9.24 Å². The van der Waals surface area contributed by atoms with Gasteiger partial charge in [-0.3, -0.25) is 24.5 Å². The SMILES string of the molecule is O=C1NC(=S)S/C1=C\c1ccc(Sc2nc3ccc(N4C(=O)c5ccccc5C4=O)cc3s2)c([N+](=O)[O-])c1. The second kappa shape index (κ2) is 9.44. The normalized spacial score (nSPS) is 16.0. The lowest BCUT2D eigenvalue weighted by Crippen LogP contribution is -2.29. The molecule has 1 aromatic heterocycles. The molecule has 3 amide bonds. The number of fused-ring (bicyclic) bond motifs is 2. The van der Waals surface area contributed by atoms with Gasteiger partial charge in [-0.2, -0.15) is 0 Å². The Morgan fingerprint density at radius 3 is 2.42 bits per heavy atom. The van der Waals surface area contributed by atoms with Crippen LogP contribution in [0.5, 0.6) is 0 Å². The van der Waals surface area contributed by atoms with Gasteiger partial charge in [0.1, 0.15) is 4.32 Å². The number of hydrogen-bond donors (Lipinski definition) is 1. The number of rotatable bonds is 5. The number of thiazole rings is 1. The van der Waals surface area contributed by atoms with Gasteiger partial charge < -0.3 is 5.32 Å². The van der Waals surface area contributed by atoms with Crippen LogP contribution >= 0.6 is 47.1 Å². The highest BCUT2D eigenvalue weighted by Gasteiger charge is 2.36. The van der Waals surface area contributed by atoms with Crippen molar-refractivity contribution in [2.24, 2.45) is 0 Å². The topological polar surface area (TPSA) is 123 Å². The number of nitrogens with one attached hydrogen (secondary N) is 1. The second-order valence-electron chi connectivity index (χ2n) is 8.06. The first-order valence-corrected chi connectivity index (χ1v) is 13.7. The molecule has 1 saturated heterocycles. The van der Waals surface area contributed by atoms with Crippen LogP contribution in [0.2, 0.25) is 0 Å². The highest BCUT2D eigenvalue weighted by atomic mass is 32.2. The summed E-state index contributed by atoms with van der Waals surface area (Å²) in [6, 6.07) is 16.5. The molecule has 2 aliphatic heterocycles. The van der Waals surface area contributed by atoms with Crippen LogP contribution in [-0.4, -0.2) is 31.9 Å². The van der Waals surface area contributed by atoms with E-state index < -0.39 is 4.92 Å². The Kier molecular flexibility index (Phi) is 6.07. The lowest BCUT2D eigenvalue weighted by atomic mass is 10.1. The summed E-state index contributed by atoms with van der Waals surface area (Å²) in [5.74, 6) is -1.11. The molecule has 186 valence electrons. The van der Waals surface area contributed by atoms with Gasteiger partial charge in [-0.05, 0) is 48.0 Å². The number of aromatic nitrogens is 1. The van der Waals surface area contributed by atoms with Gasteiger partial charge >= 0.3 is 0 Å². The van der Waals surface area contributed by atoms with Crippen molar-refractivity contribution in [3.05, 3.63) is 92.4 Å². The highest BCUT2D eigenvalue weighted by Crippen LogP contribution is 2.41. The summed E-state index contributed by atoms with van der Waals surface area (Å²) < 4.78 is 1.63. The Balaban J connectivity index is 1.29. The van der Waals surface area contributed by atoms with Crippen molar-refractivity contribution in [1.82, 2.24) is 10.3 Å². The third kappa shape index (κ3) is 4.28. The fourth-order valence-corrected chi connectivity index (χ4v) is 7.20. The number of carbonyl (C=O) groups is 3. The van der Waals surface area contributed by atoms with Gasteiger partial charge in [0.15, 0.2) is 4.34 Å². The lowest BCUT2D eigenvalue weighted by molar-refractivity contribution is -0.387. The van der Waals surface area contributed by atoms with E-state index in [4.69, 9.17) is 12.2 Å². The third-order valence-corrected chi connectivity index (χ3v) is 9.03. The maximum atomic E-state index is 12.9. The van der Waals surface area contributed by atoms with Crippen LogP contribution in [0.3, 0.4) is 0 Å². The fourth-order valence-electron chi connectivity index (χ4n) is 4.02. The lowest BCUT2D eigenvalue weighted by Gasteiger charge is -2.13. The first-order chi connectivity index (χ1) is 18.3. The Bertz CT molecular complexity index is 1750. The summed E-state index contributed by atoms with van der Waals surface area (Å²) in [5.41, 5.74) is 2.17. The number of benzene rings is 3. The van der Waals surface area contributed by atoms with Gasteiger partial charge in [0, 0.05) is 6.07 Å². The minimum absolute atomic E-state index is 0.124. The van der Waals surface area contributed by atoms with E-state index in [9.17, 15) is 24.5 Å². The number of anilines is 1. The Labute approximate surface area is 232 Å². The second-order valence-corrected chi connectivity index (χ2v) is 12.1. The molecule has 6 rings (SSSR count). The predicted octanol–water partition coefficient (Wildman–Crippen LogP) is 5.65. The summed E-state index contributed by atoms with van der Waals surface area (Å²) in [6.45, 7) is 0. The molecule has 3 aromatic carbocycles. The van der Waals surface area contributed by atoms with Crippen LogP contribution < -0.4 is 10.2 Å². The molecule has 0 aliphatic carbocycles. The zero-order valence-electron chi connectivity index (χ0n) is 18.9. The molecule has 9 nitrogen and oxygen atoms in total. The van der Waals surface area contributed by atoms with Crippen molar-refractivity contribution in [3.63, 3.8) is 0 Å². The monoisotopic (exact) mass is 576 g/mol. The summed E-state index contributed by atoms with van der Waals surface area (Å²) in [6.07, 6.45) is 1.55. The molecule has 0 saturated carbocycles. The zero-order chi connectivity index (χ0) is 26.6. The van der Waals surface area contributed by atoms with E-state index in [-0.39, 0.29) is 23.4 Å². The molecule has 13 heteroatoms. The van der Waals surface area contributed by atoms with E-state index >= 15 is 0 Å².